The predicted molar refractivity (Wildman–Crippen MR) is 159 cm³/mol. The number of carbonyl (C=O) groups excluding carboxylic acids is 1. The number of rotatable bonds is 11. The zero-order valence-electron chi connectivity index (χ0n) is 22.8. The lowest BCUT2D eigenvalue weighted by atomic mass is 10.1. The highest BCUT2D eigenvalue weighted by atomic mass is 79.9. The summed E-state index contributed by atoms with van der Waals surface area (Å²) in [6.07, 6.45) is 4.85. The van der Waals surface area contributed by atoms with Gasteiger partial charge in [0, 0.05) is 11.6 Å². The number of piperidine rings is 1. The van der Waals surface area contributed by atoms with E-state index in [1.54, 1.807) is 18.2 Å². The van der Waals surface area contributed by atoms with E-state index in [0.717, 1.165) is 31.5 Å². The van der Waals surface area contributed by atoms with Gasteiger partial charge in [0.2, 0.25) is 11.6 Å². The molecule has 15 heteroatoms. The average molecular weight is 659 g/mol. The molecule has 0 radical (unpaired) electrons. The number of ether oxygens (including phenoxy) is 2. The quantitative estimate of drug-likeness (QED) is 0.175. The third kappa shape index (κ3) is 7.06. The molecule has 0 spiro atoms. The van der Waals surface area contributed by atoms with Crippen molar-refractivity contribution >= 4 is 45.5 Å². The fourth-order valence-corrected chi connectivity index (χ4v) is 5.32. The van der Waals surface area contributed by atoms with Crippen LogP contribution in [0.15, 0.2) is 50.6 Å². The molecule has 13 nitrogen and oxygen atoms in total. The number of hydrogen-bond donors (Lipinski definition) is 2. The van der Waals surface area contributed by atoms with Crippen molar-refractivity contribution < 1.29 is 18.9 Å². The molecule has 5 rings (SSSR count). The van der Waals surface area contributed by atoms with Crippen molar-refractivity contribution in [3.63, 3.8) is 0 Å². The smallest absolute Gasteiger partial charge is 0.292 e. The highest BCUT2D eigenvalue weighted by molar-refractivity contribution is 9.10. The Labute approximate surface area is 255 Å². The van der Waals surface area contributed by atoms with Crippen LogP contribution in [0.5, 0.6) is 11.5 Å². The Morgan fingerprint density at radius 1 is 1.21 bits per heavy atom. The Morgan fingerprint density at radius 2 is 2.05 bits per heavy atom. The molecule has 220 valence electrons. The van der Waals surface area contributed by atoms with Crippen LogP contribution in [0.25, 0.3) is 5.82 Å². The second-order valence-corrected chi connectivity index (χ2v) is 10.8. The van der Waals surface area contributed by atoms with Crippen molar-refractivity contribution in [2.45, 2.75) is 39.3 Å². The number of benzene rings is 2. The first-order chi connectivity index (χ1) is 20.4. The molecule has 3 heterocycles. The molecule has 3 N–H and O–H groups in total. The van der Waals surface area contributed by atoms with Crippen LogP contribution >= 0.6 is 27.5 Å². The Hall–Kier alpha value is -4.01. The molecule has 0 unspecified atom stereocenters. The number of nitrogens with two attached hydrogens (primary N) is 1. The average Bonchev–Trinajstić information content (AvgIpc) is 3.59. The molecular weight excluding hydrogens is 630 g/mol. The molecule has 1 amide bonds. The third-order valence-electron chi connectivity index (χ3n) is 6.46. The van der Waals surface area contributed by atoms with Crippen LogP contribution in [0.1, 0.15) is 53.5 Å². The molecule has 2 aromatic carbocycles. The van der Waals surface area contributed by atoms with Crippen molar-refractivity contribution in [1.29, 1.82) is 0 Å². The van der Waals surface area contributed by atoms with Crippen molar-refractivity contribution in [3.8, 4) is 17.3 Å². The fraction of sp³-hybridized carbons (Fsp3) is 0.333. The number of anilines is 1. The summed E-state index contributed by atoms with van der Waals surface area (Å²) in [6.45, 7) is 4.87. The van der Waals surface area contributed by atoms with E-state index in [0.29, 0.717) is 52.0 Å². The summed E-state index contributed by atoms with van der Waals surface area (Å²) in [5.74, 6) is 0.556. The van der Waals surface area contributed by atoms with E-state index in [1.807, 2.05) is 25.1 Å². The van der Waals surface area contributed by atoms with Crippen LogP contribution < -0.4 is 20.6 Å². The van der Waals surface area contributed by atoms with Crippen molar-refractivity contribution in [3.05, 3.63) is 68.4 Å². The van der Waals surface area contributed by atoms with E-state index in [4.69, 9.17) is 31.4 Å². The fourth-order valence-electron chi connectivity index (χ4n) is 4.53. The highest BCUT2D eigenvalue weighted by Gasteiger charge is 2.26. The number of nitrogen functional groups attached to an aromatic ring is 1. The van der Waals surface area contributed by atoms with Crippen molar-refractivity contribution in [2.75, 3.05) is 25.4 Å². The maximum Gasteiger partial charge on any atom is 0.292 e. The largest absolute Gasteiger partial charge is 0.490 e. The zero-order valence-corrected chi connectivity index (χ0v) is 25.1. The first-order valence-electron chi connectivity index (χ1n) is 13.3. The first kappa shape index (κ1) is 29.5. The molecule has 42 heavy (non-hydrogen) atoms. The van der Waals surface area contributed by atoms with Gasteiger partial charge in [0.1, 0.15) is 12.3 Å². The first-order valence-corrected chi connectivity index (χ1v) is 14.5. The van der Waals surface area contributed by atoms with Crippen molar-refractivity contribution in [2.24, 2.45) is 5.10 Å². The number of hydrogen-bond acceptors (Lipinski definition) is 11. The number of nitrogens with zero attached hydrogens (tertiary/aromatic N) is 7. The molecule has 0 aliphatic carbocycles. The van der Waals surface area contributed by atoms with E-state index in [2.05, 4.69) is 52.0 Å². The number of amides is 1. The monoisotopic (exact) mass is 657 g/mol. The van der Waals surface area contributed by atoms with E-state index < -0.39 is 5.91 Å². The molecular formula is C27H29BrClN9O4. The van der Waals surface area contributed by atoms with Gasteiger partial charge in [-0.15, -0.1) is 5.10 Å². The molecule has 4 aromatic rings. The minimum absolute atomic E-state index is 0.0204. The zero-order chi connectivity index (χ0) is 29.5. The molecule has 1 aliphatic rings. The highest BCUT2D eigenvalue weighted by Crippen LogP contribution is 2.37. The van der Waals surface area contributed by atoms with Crippen molar-refractivity contribution in [1.82, 2.24) is 35.6 Å². The third-order valence-corrected chi connectivity index (χ3v) is 7.28. The lowest BCUT2D eigenvalue weighted by Gasteiger charge is -2.25. The van der Waals surface area contributed by atoms with Gasteiger partial charge in [-0.1, -0.05) is 35.4 Å². The Balaban J connectivity index is 1.34. The number of carbonyl (C=O) groups is 1. The Morgan fingerprint density at radius 3 is 2.79 bits per heavy atom. The second-order valence-electron chi connectivity index (χ2n) is 9.49. The maximum atomic E-state index is 13.4. The van der Waals surface area contributed by atoms with Gasteiger partial charge in [-0.25, -0.2) is 10.1 Å². The summed E-state index contributed by atoms with van der Waals surface area (Å²) >= 11 is 9.66. The van der Waals surface area contributed by atoms with Crippen LogP contribution in [0.3, 0.4) is 0 Å². The molecule has 1 fully saturated rings. The van der Waals surface area contributed by atoms with E-state index in [1.165, 1.54) is 17.3 Å². The Kier molecular flexibility index (Phi) is 9.66. The lowest BCUT2D eigenvalue weighted by molar-refractivity contribution is 0.0944. The molecule has 1 aliphatic heterocycles. The standard InChI is InChI=1S/C27H29BrClN9O4/c1-2-40-22-13-18(12-20(28)24(22)41-16-17-7-6-8-19(29)11-17)14-31-33-27(39)23-21(15-37-9-4-3-5-10-37)32-36-38(23)26-25(30)34-42-35-26/h6-8,11-14H,2-5,9-10,15-16H2,1H3,(H2,30,34)(H,33,39)/b31-14-. The predicted octanol–water partition coefficient (Wildman–Crippen LogP) is 4.38. The van der Waals surface area contributed by atoms with Crippen LogP contribution in [-0.4, -0.2) is 62.0 Å². The normalized spacial score (nSPS) is 13.9. The van der Waals surface area contributed by atoms with Crippen LogP contribution in [0.4, 0.5) is 5.82 Å². The topological polar surface area (TPSA) is 159 Å². The molecule has 2 aromatic heterocycles. The number of likely N-dealkylation sites (tertiary alicyclic amines) is 1. The maximum absolute atomic E-state index is 13.4. The summed E-state index contributed by atoms with van der Waals surface area (Å²) in [5, 5.41) is 20.5. The lowest BCUT2D eigenvalue weighted by Crippen LogP contribution is -2.31. The summed E-state index contributed by atoms with van der Waals surface area (Å²) in [4.78, 5) is 15.6. The summed E-state index contributed by atoms with van der Waals surface area (Å²) in [6, 6.07) is 11.0. The summed E-state index contributed by atoms with van der Waals surface area (Å²) in [5.41, 5.74) is 10.6. The Bertz CT molecular complexity index is 1570. The minimum atomic E-state index is -0.545. The van der Waals surface area contributed by atoms with E-state index in [-0.39, 0.29) is 17.3 Å². The van der Waals surface area contributed by atoms with Crippen LogP contribution in [0.2, 0.25) is 5.02 Å². The van der Waals surface area contributed by atoms with Crippen LogP contribution in [-0.2, 0) is 13.2 Å². The van der Waals surface area contributed by atoms with Gasteiger partial charge >= 0.3 is 0 Å². The minimum Gasteiger partial charge on any atom is -0.490 e. The molecule has 1 saturated heterocycles. The number of aromatic nitrogens is 5. The van der Waals surface area contributed by atoms with Gasteiger partial charge in [-0.05, 0) is 94.5 Å². The van der Waals surface area contributed by atoms with Crippen LogP contribution in [0, 0.1) is 0 Å². The molecule has 0 atom stereocenters. The van der Waals surface area contributed by atoms with Gasteiger partial charge in [0.25, 0.3) is 5.91 Å². The SMILES string of the molecule is CCOc1cc(/C=N\NC(=O)c2c(CN3CCCCC3)nnn2-c2nonc2N)cc(Br)c1OCc1cccc(Cl)c1. The summed E-state index contributed by atoms with van der Waals surface area (Å²) in [7, 11) is 0. The van der Waals surface area contributed by atoms with Gasteiger partial charge < -0.3 is 15.2 Å². The van der Waals surface area contributed by atoms with E-state index in [9.17, 15) is 4.79 Å². The number of hydrazone groups is 1. The summed E-state index contributed by atoms with van der Waals surface area (Å²) < 4.78 is 18.5. The van der Waals surface area contributed by atoms with Gasteiger partial charge in [0.05, 0.1) is 17.3 Å². The van der Waals surface area contributed by atoms with Gasteiger partial charge in [-0.2, -0.15) is 9.78 Å². The molecule has 0 bridgehead atoms. The number of halogens is 2. The second kappa shape index (κ2) is 13.8. The van der Waals surface area contributed by atoms with E-state index >= 15 is 0 Å². The van der Waals surface area contributed by atoms with Gasteiger partial charge in [0.15, 0.2) is 17.2 Å². The molecule has 0 saturated carbocycles. The van der Waals surface area contributed by atoms with Gasteiger partial charge in [-0.3, -0.25) is 9.69 Å². The number of nitrogens with one attached hydrogen (secondary N) is 1.